The Balaban J connectivity index is 0.000000331. The predicted octanol–water partition coefficient (Wildman–Crippen LogP) is 8.19. The number of hydrogen-bond acceptors (Lipinski definition) is 0. The molecule has 0 atom stereocenters. The van der Waals surface area contributed by atoms with Crippen LogP contribution in [0.5, 0.6) is 0 Å². The Morgan fingerprint density at radius 3 is 1.03 bits per heavy atom. The zero-order chi connectivity index (χ0) is 22.5. The van der Waals surface area contributed by atoms with Crippen molar-refractivity contribution in [2.24, 2.45) is 0 Å². The fourth-order valence-corrected chi connectivity index (χ4v) is 12.5. The lowest BCUT2D eigenvalue weighted by molar-refractivity contribution is 0.744. The first kappa shape index (κ1) is 26.5. The molecule has 0 heterocycles. The van der Waals surface area contributed by atoms with Gasteiger partial charge in [0, 0.05) is 0 Å². The van der Waals surface area contributed by atoms with E-state index in [1.807, 2.05) is 12.1 Å². The summed E-state index contributed by atoms with van der Waals surface area (Å²) >= 11 is 13.9. The van der Waals surface area contributed by atoms with Gasteiger partial charge in [-0.15, -0.1) is 0 Å². The lowest BCUT2D eigenvalue weighted by Gasteiger charge is -2.38. The van der Waals surface area contributed by atoms with Gasteiger partial charge >= 0.3 is 0 Å². The summed E-state index contributed by atoms with van der Waals surface area (Å²) in [5.74, 6) is 0. The Bertz CT molecular complexity index is 658. The Hall–Kier alpha value is -0.546. The molecule has 162 valence electrons. The second kappa shape index (κ2) is 10.7. The maximum Gasteiger partial charge on any atom is 0.222 e. The van der Waals surface area contributed by atoms with Gasteiger partial charge in [0.05, 0.1) is 0 Å². The minimum absolute atomic E-state index is 0.0667. The third-order valence-electron chi connectivity index (χ3n) is 6.03. The normalized spacial score (nSPS) is 12.9. The molecule has 2 aromatic carbocycles. The van der Waals surface area contributed by atoms with Crippen molar-refractivity contribution in [2.75, 3.05) is 0 Å². The largest absolute Gasteiger partial charge is 0.222 e. The van der Waals surface area contributed by atoms with Gasteiger partial charge in [-0.1, -0.05) is 123 Å². The van der Waals surface area contributed by atoms with Crippen LogP contribution in [-0.4, -0.2) is 14.8 Å². The summed E-state index contributed by atoms with van der Waals surface area (Å²) in [5, 5.41) is 2.63. The van der Waals surface area contributed by atoms with E-state index >= 15 is 0 Å². The van der Waals surface area contributed by atoms with Gasteiger partial charge < -0.3 is 0 Å². The van der Waals surface area contributed by atoms with Crippen LogP contribution in [0, 0.1) is 0 Å². The molecule has 2 aromatic rings. The van der Waals surface area contributed by atoms with Gasteiger partial charge in [-0.2, -0.15) is 22.2 Å². The average molecular weight is 468 g/mol. The van der Waals surface area contributed by atoms with Crippen LogP contribution in [0.1, 0.15) is 62.3 Å². The molecule has 0 aliphatic rings. The summed E-state index contributed by atoms with van der Waals surface area (Å²) in [4.78, 5) is 0. The van der Waals surface area contributed by atoms with E-state index in [2.05, 4.69) is 111 Å². The van der Waals surface area contributed by atoms with Crippen LogP contribution in [0.25, 0.3) is 0 Å². The molecule has 0 aliphatic heterocycles. The molecule has 2 rings (SSSR count). The van der Waals surface area contributed by atoms with Crippen molar-refractivity contribution in [3.05, 3.63) is 60.7 Å². The molecule has 0 N–H and O–H groups in total. The first-order chi connectivity index (χ1) is 13.3. The lowest BCUT2D eigenvalue weighted by atomic mass is 10.2. The summed E-state index contributed by atoms with van der Waals surface area (Å²) in [7, 11) is -3.74. The molecular formula is C25H40Cl2Si2. The third-order valence-corrected chi connectivity index (χ3v) is 22.6. The fourth-order valence-electron chi connectivity index (χ4n) is 4.37. The monoisotopic (exact) mass is 466 g/mol. The molecular weight excluding hydrogens is 427 g/mol. The average Bonchev–Trinajstić information content (AvgIpc) is 2.67. The van der Waals surface area contributed by atoms with E-state index in [1.165, 1.54) is 10.4 Å². The summed E-state index contributed by atoms with van der Waals surface area (Å²) in [6.45, 7) is 20.3. The van der Waals surface area contributed by atoms with Crippen LogP contribution >= 0.6 is 22.2 Å². The summed E-state index contributed by atoms with van der Waals surface area (Å²) in [5.41, 5.74) is 2.05. The van der Waals surface area contributed by atoms with Gasteiger partial charge in [-0.05, 0) is 32.0 Å². The fraction of sp³-hybridized carbons (Fsp3) is 0.520. The van der Waals surface area contributed by atoms with Crippen LogP contribution in [0.2, 0.25) is 21.7 Å². The van der Waals surface area contributed by atoms with Gasteiger partial charge in [-0.3, -0.25) is 0 Å². The van der Waals surface area contributed by atoms with Crippen molar-refractivity contribution in [3.8, 4) is 0 Å². The number of halogens is 2. The van der Waals surface area contributed by atoms with Gasteiger partial charge in [0.2, 0.25) is 7.38 Å². The van der Waals surface area contributed by atoms with Crippen molar-refractivity contribution in [3.63, 3.8) is 0 Å². The molecule has 0 spiro atoms. The number of benzene rings is 2. The van der Waals surface area contributed by atoms with Crippen molar-refractivity contribution < 1.29 is 0 Å². The highest BCUT2D eigenvalue weighted by atomic mass is 35.6. The van der Waals surface area contributed by atoms with E-state index in [4.69, 9.17) is 22.2 Å². The third kappa shape index (κ3) is 6.00. The van der Waals surface area contributed by atoms with E-state index in [0.717, 1.165) is 0 Å². The Morgan fingerprint density at radius 2 is 0.862 bits per heavy atom. The predicted molar refractivity (Wildman–Crippen MR) is 140 cm³/mol. The van der Waals surface area contributed by atoms with Gasteiger partial charge in [0.1, 0.15) is 0 Å². The standard InChI is InChI=1S/C16H19ClSi.C9H21ClSi/c1-16(2,3)18(17,14-10-6-4-7-11-14)15-12-8-5-9-13-15;1-7(2)11(10,8(3)4)9(5)6/h4-13H,1-3H3;7-9H,1-6H3. The van der Waals surface area contributed by atoms with Crippen molar-refractivity contribution >= 4 is 47.3 Å². The van der Waals surface area contributed by atoms with E-state index in [-0.39, 0.29) is 5.04 Å². The van der Waals surface area contributed by atoms with Crippen molar-refractivity contribution in [2.45, 2.75) is 84.0 Å². The highest BCUT2D eigenvalue weighted by molar-refractivity contribution is 7.35. The minimum atomic E-state index is -2.23. The molecule has 0 aliphatic carbocycles. The lowest BCUT2D eigenvalue weighted by Crippen LogP contribution is -2.59. The zero-order valence-electron chi connectivity index (χ0n) is 19.8. The van der Waals surface area contributed by atoms with Crippen LogP contribution < -0.4 is 10.4 Å². The van der Waals surface area contributed by atoms with E-state index in [9.17, 15) is 0 Å². The maximum atomic E-state index is 7.21. The number of hydrogen-bond donors (Lipinski definition) is 0. The quantitative estimate of drug-likeness (QED) is 0.307. The summed E-state index contributed by atoms with van der Waals surface area (Å²) in [6, 6.07) is 21.1. The minimum Gasteiger partial charge on any atom is -0.166 e. The topological polar surface area (TPSA) is 0 Å². The molecule has 0 saturated carbocycles. The van der Waals surface area contributed by atoms with Crippen molar-refractivity contribution in [1.29, 1.82) is 0 Å². The molecule has 0 radical (unpaired) electrons. The second-order valence-corrected chi connectivity index (χ2v) is 22.7. The molecule has 29 heavy (non-hydrogen) atoms. The molecule has 0 unspecified atom stereocenters. The molecule has 0 fully saturated rings. The smallest absolute Gasteiger partial charge is 0.166 e. The molecule has 0 amide bonds. The molecule has 0 bridgehead atoms. The molecule has 0 saturated heterocycles. The maximum absolute atomic E-state index is 7.21. The van der Waals surface area contributed by atoms with Gasteiger partial charge in [0.15, 0.2) is 7.38 Å². The van der Waals surface area contributed by atoms with Crippen LogP contribution in [-0.2, 0) is 0 Å². The summed E-state index contributed by atoms with van der Waals surface area (Å²) < 4.78 is 0. The molecule has 0 aromatic heterocycles. The number of rotatable bonds is 5. The van der Waals surface area contributed by atoms with Gasteiger partial charge in [-0.25, -0.2) is 0 Å². The first-order valence-electron chi connectivity index (χ1n) is 10.8. The highest BCUT2D eigenvalue weighted by Crippen LogP contribution is 2.44. The Kier molecular flexibility index (Phi) is 9.74. The van der Waals surface area contributed by atoms with E-state index in [1.54, 1.807) is 0 Å². The van der Waals surface area contributed by atoms with Crippen LogP contribution in [0.4, 0.5) is 0 Å². The van der Waals surface area contributed by atoms with E-state index in [0.29, 0.717) is 16.6 Å². The summed E-state index contributed by atoms with van der Waals surface area (Å²) in [6.07, 6.45) is 0. The van der Waals surface area contributed by atoms with E-state index < -0.39 is 14.8 Å². The van der Waals surface area contributed by atoms with Gasteiger partial charge in [0.25, 0.3) is 0 Å². The molecule has 0 nitrogen and oxygen atoms in total. The zero-order valence-corrected chi connectivity index (χ0v) is 23.3. The molecule has 4 heteroatoms. The highest BCUT2D eigenvalue weighted by Gasteiger charge is 2.46. The van der Waals surface area contributed by atoms with Crippen LogP contribution in [0.15, 0.2) is 60.7 Å². The second-order valence-electron chi connectivity index (χ2n) is 9.93. The first-order valence-corrected chi connectivity index (χ1v) is 17.0. The van der Waals surface area contributed by atoms with Crippen LogP contribution in [0.3, 0.4) is 0 Å². The van der Waals surface area contributed by atoms with Crippen molar-refractivity contribution in [1.82, 2.24) is 0 Å². The SMILES string of the molecule is CC(C)(C)[Si](Cl)(c1ccccc1)c1ccccc1.CC(C)[Si](Cl)(C(C)C)C(C)C. The Labute approximate surface area is 191 Å². The Morgan fingerprint density at radius 1 is 0.586 bits per heavy atom.